The van der Waals surface area contributed by atoms with Crippen molar-refractivity contribution in [3.63, 3.8) is 0 Å². The van der Waals surface area contributed by atoms with E-state index < -0.39 is 0 Å². The molecular weight excluding hydrogens is 378 g/mol. The van der Waals surface area contributed by atoms with E-state index in [0.717, 1.165) is 17.5 Å². The van der Waals surface area contributed by atoms with Crippen LogP contribution in [0.15, 0.2) is 60.8 Å². The van der Waals surface area contributed by atoms with Gasteiger partial charge in [-0.2, -0.15) is 0 Å². The highest BCUT2D eigenvalue weighted by Gasteiger charge is 2.35. The molecular formula is C24H25N3O3. The maximum atomic E-state index is 13.2. The van der Waals surface area contributed by atoms with Gasteiger partial charge >= 0.3 is 0 Å². The summed E-state index contributed by atoms with van der Waals surface area (Å²) in [5.41, 5.74) is 3.29. The molecule has 1 amide bonds. The molecule has 0 spiro atoms. The van der Waals surface area contributed by atoms with E-state index in [2.05, 4.69) is 11.9 Å². The van der Waals surface area contributed by atoms with Crippen LogP contribution in [0, 0.1) is 0 Å². The van der Waals surface area contributed by atoms with Gasteiger partial charge in [0.2, 0.25) is 0 Å². The summed E-state index contributed by atoms with van der Waals surface area (Å²) < 4.78 is 0. The molecule has 0 saturated carbocycles. The van der Waals surface area contributed by atoms with Crippen LogP contribution in [0.1, 0.15) is 39.1 Å². The van der Waals surface area contributed by atoms with Crippen molar-refractivity contribution >= 4 is 23.7 Å². The fourth-order valence-corrected chi connectivity index (χ4v) is 4.38. The van der Waals surface area contributed by atoms with Crippen LogP contribution in [-0.2, 0) is 4.79 Å². The molecule has 6 heteroatoms. The summed E-state index contributed by atoms with van der Waals surface area (Å²) in [5.74, 6) is -0.392. The van der Waals surface area contributed by atoms with Crippen molar-refractivity contribution in [3.8, 4) is 0 Å². The molecule has 2 aromatic rings. The van der Waals surface area contributed by atoms with Gasteiger partial charge in [0.1, 0.15) is 0 Å². The molecule has 0 aromatic heterocycles. The first kappa shape index (κ1) is 19.9. The van der Waals surface area contributed by atoms with Gasteiger partial charge in [-0.3, -0.25) is 14.4 Å². The van der Waals surface area contributed by atoms with Crippen molar-refractivity contribution < 1.29 is 14.4 Å². The Kier molecular flexibility index (Phi) is 5.40. The molecule has 2 atom stereocenters. The number of anilines is 1. The Labute approximate surface area is 176 Å². The minimum absolute atomic E-state index is 0.00866. The average molecular weight is 403 g/mol. The number of Topliss-reactive ketones (excluding diaryl/α,β-unsaturated/α-hetero) is 1. The minimum atomic E-state index is -0.358. The number of para-hydroxylation sites is 1. The second-order valence-electron chi connectivity index (χ2n) is 7.83. The molecule has 2 aromatic carbocycles. The van der Waals surface area contributed by atoms with Crippen molar-refractivity contribution in [1.29, 1.82) is 0 Å². The van der Waals surface area contributed by atoms with Crippen LogP contribution in [0.4, 0.5) is 5.69 Å². The van der Waals surface area contributed by atoms with Gasteiger partial charge in [0.15, 0.2) is 12.1 Å². The number of rotatable bonds is 5. The zero-order valence-electron chi connectivity index (χ0n) is 17.0. The highest BCUT2D eigenvalue weighted by atomic mass is 16.2. The van der Waals surface area contributed by atoms with Gasteiger partial charge in [-0.1, -0.05) is 36.9 Å². The van der Waals surface area contributed by atoms with E-state index in [4.69, 9.17) is 0 Å². The van der Waals surface area contributed by atoms with E-state index in [-0.39, 0.29) is 23.7 Å². The summed E-state index contributed by atoms with van der Waals surface area (Å²) in [4.78, 5) is 41.1. The molecule has 2 heterocycles. The molecule has 4 rings (SSSR count). The lowest BCUT2D eigenvalue weighted by Gasteiger charge is -2.42. The highest BCUT2D eigenvalue weighted by molar-refractivity contribution is 6.03. The van der Waals surface area contributed by atoms with Crippen LogP contribution in [0.3, 0.4) is 0 Å². The average Bonchev–Trinajstić information content (AvgIpc) is 3.22. The summed E-state index contributed by atoms with van der Waals surface area (Å²) in [6, 6.07) is 14.7. The van der Waals surface area contributed by atoms with E-state index in [1.807, 2.05) is 53.1 Å². The first-order valence-corrected chi connectivity index (χ1v) is 10.2. The van der Waals surface area contributed by atoms with Crippen molar-refractivity contribution in [3.05, 3.63) is 77.5 Å². The van der Waals surface area contributed by atoms with Gasteiger partial charge in [-0.25, -0.2) is 0 Å². The van der Waals surface area contributed by atoms with Crippen molar-refractivity contribution in [1.82, 2.24) is 9.80 Å². The number of fused-ring (bicyclic) bond motifs is 1. The van der Waals surface area contributed by atoms with E-state index in [1.54, 1.807) is 12.1 Å². The summed E-state index contributed by atoms with van der Waals surface area (Å²) in [6.45, 7) is 8.20. The van der Waals surface area contributed by atoms with Crippen LogP contribution in [-0.4, -0.2) is 60.0 Å². The Morgan fingerprint density at radius 1 is 1.10 bits per heavy atom. The maximum absolute atomic E-state index is 13.2. The molecule has 1 saturated heterocycles. The van der Waals surface area contributed by atoms with Crippen LogP contribution in [0.25, 0.3) is 0 Å². The largest absolute Gasteiger partial charge is 0.383 e. The first-order valence-electron chi connectivity index (χ1n) is 10.2. The third-order valence-electron chi connectivity index (χ3n) is 6.00. The Morgan fingerprint density at radius 2 is 1.87 bits per heavy atom. The second kappa shape index (κ2) is 8.14. The number of amides is 1. The van der Waals surface area contributed by atoms with Gasteiger partial charge in [-0.15, -0.1) is 0 Å². The highest BCUT2D eigenvalue weighted by Crippen LogP contribution is 2.36. The molecule has 30 heavy (non-hydrogen) atoms. The summed E-state index contributed by atoms with van der Waals surface area (Å²) >= 11 is 0. The number of aldehydes is 1. The Morgan fingerprint density at radius 3 is 2.57 bits per heavy atom. The number of carbonyl (C=O) groups excluding carboxylic acids is 3. The van der Waals surface area contributed by atoms with Crippen LogP contribution in [0.5, 0.6) is 0 Å². The van der Waals surface area contributed by atoms with Crippen molar-refractivity contribution in [2.24, 2.45) is 0 Å². The summed E-state index contributed by atoms with van der Waals surface area (Å²) in [5, 5.41) is 3.20. The predicted molar refractivity (Wildman–Crippen MR) is 116 cm³/mol. The normalized spacial score (nSPS) is 20.3. The van der Waals surface area contributed by atoms with E-state index in [0.29, 0.717) is 43.0 Å². The third-order valence-corrected chi connectivity index (χ3v) is 6.00. The number of nitrogens with zero attached hydrogens (tertiary/aromatic N) is 2. The number of allylic oxidation sites excluding steroid dienone is 1. The third kappa shape index (κ3) is 3.49. The Bertz CT molecular complexity index is 1000. The SMILES string of the molecule is C=C(C(=O)C1CNc2c(C=O)cccc21)N1CCN(C(=O)c2ccccc2)C[C@H]1C. The molecule has 154 valence electrons. The zero-order chi connectivity index (χ0) is 21.3. The number of ketones is 1. The molecule has 0 aliphatic carbocycles. The Balaban J connectivity index is 1.45. The number of hydrogen-bond donors (Lipinski definition) is 1. The molecule has 0 radical (unpaired) electrons. The van der Waals surface area contributed by atoms with Crippen molar-refractivity contribution in [2.75, 3.05) is 31.5 Å². The number of piperazine rings is 1. The number of hydrogen-bond acceptors (Lipinski definition) is 5. The number of carbonyl (C=O) groups is 3. The lowest BCUT2D eigenvalue weighted by Crippen LogP contribution is -2.54. The summed E-state index contributed by atoms with van der Waals surface area (Å²) in [7, 11) is 0. The monoisotopic (exact) mass is 403 g/mol. The van der Waals surface area contributed by atoms with Gasteiger partial charge in [-0.05, 0) is 30.7 Å². The topological polar surface area (TPSA) is 69.7 Å². The molecule has 1 unspecified atom stereocenters. The molecule has 6 nitrogen and oxygen atoms in total. The second-order valence-corrected chi connectivity index (χ2v) is 7.83. The lowest BCUT2D eigenvalue weighted by molar-refractivity contribution is -0.118. The standard InChI is InChI=1S/C24H25N3O3/c1-16-14-26(24(30)18-7-4-3-5-8-18)11-12-27(16)17(2)23(29)21-13-25-22-19(15-28)9-6-10-20(21)22/h3-10,15-16,21,25H,2,11-14H2,1H3/t16-,21?/m1/s1. The minimum Gasteiger partial charge on any atom is -0.383 e. The molecule has 2 aliphatic rings. The van der Waals surface area contributed by atoms with E-state index in [1.165, 1.54) is 0 Å². The van der Waals surface area contributed by atoms with Crippen LogP contribution >= 0.6 is 0 Å². The first-order chi connectivity index (χ1) is 14.5. The van der Waals surface area contributed by atoms with Gasteiger partial charge in [0, 0.05) is 49.0 Å². The smallest absolute Gasteiger partial charge is 0.253 e. The van der Waals surface area contributed by atoms with Crippen LogP contribution < -0.4 is 5.32 Å². The lowest BCUT2D eigenvalue weighted by atomic mass is 9.93. The summed E-state index contributed by atoms with van der Waals surface area (Å²) in [6.07, 6.45) is 0.804. The zero-order valence-corrected chi connectivity index (χ0v) is 17.0. The van der Waals surface area contributed by atoms with Gasteiger partial charge < -0.3 is 15.1 Å². The molecule has 2 aliphatic heterocycles. The number of benzene rings is 2. The fourth-order valence-electron chi connectivity index (χ4n) is 4.38. The van der Waals surface area contributed by atoms with E-state index >= 15 is 0 Å². The van der Waals surface area contributed by atoms with Gasteiger partial charge in [0.05, 0.1) is 11.6 Å². The quantitative estimate of drug-likeness (QED) is 0.614. The van der Waals surface area contributed by atoms with Crippen molar-refractivity contribution in [2.45, 2.75) is 18.9 Å². The molecule has 1 N–H and O–H groups in total. The maximum Gasteiger partial charge on any atom is 0.253 e. The number of nitrogens with one attached hydrogen (secondary N) is 1. The van der Waals surface area contributed by atoms with Gasteiger partial charge in [0.25, 0.3) is 5.91 Å². The predicted octanol–water partition coefficient (Wildman–Crippen LogP) is 2.94. The fraction of sp³-hybridized carbons (Fsp3) is 0.292. The van der Waals surface area contributed by atoms with Crippen LogP contribution in [0.2, 0.25) is 0 Å². The van der Waals surface area contributed by atoms with E-state index in [9.17, 15) is 14.4 Å². The Hall–Kier alpha value is -3.41. The molecule has 0 bridgehead atoms. The molecule has 1 fully saturated rings.